The van der Waals surface area contributed by atoms with Gasteiger partial charge >= 0.3 is 0 Å². The van der Waals surface area contributed by atoms with Gasteiger partial charge in [0.25, 0.3) is 0 Å². The summed E-state index contributed by atoms with van der Waals surface area (Å²) in [7, 11) is 0. The average molecular weight is 1360 g/mol. The van der Waals surface area contributed by atoms with Crippen molar-refractivity contribution < 1.29 is 19.2 Å². The molecule has 0 aromatic rings. The van der Waals surface area contributed by atoms with Crippen molar-refractivity contribution in [2.24, 2.45) is 135 Å². The molecule has 0 saturated heterocycles. The van der Waals surface area contributed by atoms with Crippen LogP contribution in [0.4, 0.5) is 0 Å². The predicted molar refractivity (Wildman–Crippen MR) is 464 cm³/mol. The van der Waals surface area contributed by atoms with Crippen LogP contribution in [-0.4, -0.2) is 0 Å². The van der Waals surface area contributed by atoms with E-state index in [1.54, 1.807) is 27.7 Å². The van der Waals surface area contributed by atoms with Gasteiger partial charge in [0, 0.05) is 19.2 Å². The Morgan fingerprint density at radius 1 is 0.330 bits per heavy atom. The summed E-state index contributed by atoms with van der Waals surface area (Å²) in [5.41, 5.74) is 0.773. The molecule has 0 fully saturated rings. The van der Waals surface area contributed by atoms with E-state index in [1.807, 2.05) is 76.2 Å². The minimum absolute atomic E-state index is 0.0903. The summed E-state index contributed by atoms with van der Waals surface area (Å²) in [6, 6.07) is 0. The number of rotatable bonds is 20. The van der Waals surface area contributed by atoms with Crippen molar-refractivity contribution in [1.82, 2.24) is 0 Å². The molecule has 0 aromatic heterocycles. The van der Waals surface area contributed by atoms with Crippen LogP contribution in [0.15, 0.2) is 0 Å². The number of hydrogen-bond acceptors (Lipinski definition) is 0. The molecule has 0 heterocycles. The maximum absolute atomic E-state index is 7.74. The first-order valence-electron chi connectivity index (χ1n) is 47.2. The molecule has 0 heteroatoms. The molecule has 0 aliphatic carbocycles. The Kier molecular flexibility index (Phi) is 91.0. The van der Waals surface area contributed by atoms with E-state index < -0.39 is 44.6 Å². The summed E-state index contributed by atoms with van der Waals surface area (Å²) in [5.74, 6) is 8.20. The fourth-order valence-electron chi connectivity index (χ4n) is 6.60. The molecule has 1 unspecified atom stereocenters. The van der Waals surface area contributed by atoms with Crippen LogP contribution in [0.2, 0.25) is 0 Å². The zero-order valence-electron chi connectivity index (χ0n) is 91.9. The Morgan fingerprint density at radius 3 is 0.670 bits per heavy atom. The molecule has 0 N–H and O–H groups in total. The fourth-order valence-corrected chi connectivity index (χ4v) is 6.60. The van der Waals surface area contributed by atoms with E-state index in [9.17, 15) is 0 Å². The van der Waals surface area contributed by atoms with Crippen molar-refractivity contribution in [3.63, 3.8) is 0 Å². The van der Waals surface area contributed by atoms with Crippen molar-refractivity contribution in [1.29, 1.82) is 0 Å². The lowest BCUT2D eigenvalue weighted by Crippen LogP contribution is -2.12. The molecule has 0 radical (unpaired) electrons. The van der Waals surface area contributed by atoms with Crippen LogP contribution >= 0.6 is 0 Å². The summed E-state index contributed by atoms with van der Waals surface area (Å²) in [5, 5.41) is 0. The average Bonchev–Trinajstić information content (AvgIpc) is 0.764. The molecule has 0 nitrogen and oxygen atoms in total. The highest BCUT2D eigenvalue weighted by Gasteiger charge is 2.14. The predicted octanol–water partition coefficient (Wildman–Crippen LogP) is 37.0. The Balaban J connectivity index is -0.0000000666. The molecule has 0 aromatic carbocycles. The third kappa shape index (κ3) is 243. The normalized spacial score (nSPS) is 14.6. The van der Waals surface area contributed by atoms with Crippen molar-refractivity contribution in [2.45, 2.75) is 484 Å². The molecule has 1 atom stereocenters. The highest BCUT2D eigenvalue weighted by molar-refractivity contribution is 4.65. The lowest BCUT2D eigenvalue weighted by atomic mass is 9.84. The smallest absolute Gasteiger partial charge is 0.0302 e. The monoisotopic (exact) mass is 1360 g/mol. The maximum Gasteiger partial charge on any atom is 0.0302 e. The zero-order chi connectivity index (χ0) is 91.9. The Labute approximate surface area is 634 Å². The SMILES string of the molecule is CC(C)C.CC(C)C(C)(C)C.CC(C)C(C)C.CC(C)CC(C)(C)C.CC(C)CC(C)C.CCC.CCC(C)C.CCC(CC)C(C)C.CCCC(C)C.CCCCCC(C)C.[2H]C(C)(C)C(C)C.[2H]C([2H])(C(C)C)C(C)(C)C.[2H]C([2H])(C(C)C)C(C)C.[2H]C([2H])([2H])C(C)C.[2H]C([2H])([2H])C([2H])(C(C)C)C([2H])([2H])C. The Bertz CT molecular complexity index is 1620. The Hall–Kier alpha value is 0. The van der Waals surface area contributed by atoms with E-state index in [2.05, 4.69) is 263 Å². The van der Waals surface area contributed by atoms with E-state index in [0.29, 0.717) is 16.7 Å². The molecule has 0 saturated carbocycles. The number of hydrogen-bond donors (Lipinski definition) is 0. The second-order valence-corrected chi connectivity index (χ2v) is 36.6. The van der Waals surface area contributed by atoms with Gasteiger partial charge in [-0.1, -0.05) is 458 Å². The first-order valence-corrected chi connectivity index (χ1v) is 40.2. The van der Waals surface area contributed by atoms with Crippen molar-refractivity contribution in [3.8, 4) is 0 Å². The summed E-state index contributed by atoms with van der Waals surface area (Å²) in [6.07, 6.45) is 12.1. The van der Waals surface area contributed by atoms with E-state index in [1.165, 1.54) is 77.0 Å². The van der Waals surface area contributed by atoms with E-state index in [4.69, 9.17) is 19.2 Å². The third-order valence-corrected chi connectivity index (χ3v) is 13.5. The summed E-state index contributed by atoms with van der Waals surface area (Å²) >= 11 is 0. The van der Waals surface area contributed by atoms with Gasteiger partial charge in [0.15, 0.2) is 0 Å². The van der Waals surface area contributed by atoms with Gasteiger partial charge in [-0.3, -0.25) is 0 Å². The molecular weight excluding hydrogens is 1130 g/mol. The van der Waals surface area contributed by atoms with Crippen LogP contribution in [0.25, 0.3) is 0 Å². The summed E-state index contributed by atoms with van der Waals surface area (Å²) < 4.78 is 102. The van der Waals surface area contributed by atoms with Gasteiger partial charge in [-0.15, -0.1) is 0 Å². The first kappa shape index (κ1) is 94.0. The van der Waals surface area contributed by atoms with Gasteiger partial charge in [-0.05, 0) is 160 Å². The lowest BCUT2D eigenvalue weighted by molar-refractivity contribution is 0.283. The van der Waals surface area contributed by atoms with Crippen LogP contribution in [0.3, 0.4) is 0 Å². The number of unbranched alkanes of at least 4 members (excludes halogenated alkanes) is 2. The molecule has 0 amide bonds. The highest BCUT2D eigenvalue weighted by atomic mass is 14.2. The van der Waals surface area contributed by atoms with Crippen LogP contribution in [-0.2, 0) is 0 Å². The molecule has 0 aliphatic heterocycles. The van der Waals surface area contributed by atoms with Crippen molar-refractivity contribution in [2.75, 3.05) is 0 Å². The highest BCUT2D eigenvalue weighted by Crippen LogP contribution is 2.25. The maximum atomic E-state index is 7.74. The summed E-state index contributed by atoms with van der Waals surface area (Å²) in [6.45, 7) is 109. The van der Waals surface area contributed by atoms with Gasteiger partial charge in [0.05, 0.1) is 0 Å². The molecular formula is C94H218. The molecule has 94 heavy (non-hydrogen) atoms. The molecule has 0 spiro atoms. The van der Waals surface area contributed by atoms with Gasteiger partial charge < -0.3 is 0 Å². The van der Waals surface area contributed by atoms with E-state index >= 15 is 0 Å². The van der Waals surface area contributed by atoms with E-state index in [-0.39, 0.29) is 35.0 Å². The molecule has 0 aliphatic rings. The minimum atomic E-state index is -2.60. The van der Waals surface area contributed by atoms with E-state index in [0.717, 1.165) is 77.9 Å². The van der Waals surface area contributed by atoms with Crippen LogP contribution < -0.4 is 0 Å². The minimum Gasteiger partial charge on any atom is -0.0656 e. The van der Waals surface area contributed by atoms with Crippen LogP contribution in [0.1, 0.15) is 503 Å². The largest absolute Gasteiger partial charge is 0.0656 e. The van der Waals surface area contributed by atoms with Crippen LogP contribution in [0, 0.1) is 135 Å². The van der Waals surface area contributed by atoms with Gasteiger partial charge in [0.2, 0.25) is 0 Å². The second-order valence-electron chi connectivity index (χ2n) is 36.6. The van der Waals surface area contributed by atoms with Gasteiger partial charge in [-0.25, -0.2) is 0 Å². The fraction of sp³-hybridized carbons (Fsp3) is 1.00. The van der Waals surface area contributed by atoms with Crippen LogP contribution in [0.5, 0.6) is 0 Å². The molecule has 0 bridgehead atoms. The molecule has 0 rings (SSSR count). The quantitative estimate of drug-likeness (QED) is 0.107. The molecule has 594 valence electrons. The standard InChI is InChI=1S/4C8H18.4C7H16.3C6H14.C5H12.2C4H10.C3H8/c2*1-7(2)6-8(3,4)5;1-5-8(6-2)7(3)4;1-4-5-6-7-8(2)3;1-6(2)7(3,4)5;2*1-6(2)5-7(3)4;1-5-7(4)6(2)3;2*1-5(2)6(3)4;1-4-5-6(2)3;1-4-5(2)3;2*1-4(2)3;1-3-2/h2*7H,6H2,1-5H3;7-8H,5-6H2,1-4H3;8H,4-7H2,1-3H3;6H,1-5H3;3*6-7H,5H2,1-4H3;2*5-6H,1-4H3;6H,4-5H2,1-3H3;5H,4H2,1-3H3;2*4H,1-3H3;3H2,1-2H3/i6D2;;;;;5D2;;4D3,5D2,7D;5D;;;;1D3;;. The zero-order valence-corrected chi connectivity index (χ0v) is 77.9. The topological polar surface area (TPSA) is 0 Å². The van der Waals surface area contributed by atoms with Crippen molar-refractivity contribution >= 4 is 0 Å². The summed E-state index contributed by atoms with van der Waals surface area (Å²) in [4.78, 5) is 0. The van der Waals surface area contributed by atoms with Gasteiger partial charge in [0.1, 0.15) is 0 Å². The van der Waals surface area contributed by atoms with Gasteiger partial charge in [-0.2, -0.15) is 0 Å². The lowest BCUT2D eigenvalue weighted by Gasteiger charge is -2.22. The first-order chi connectivity index (χ1) is 47.2. The Morgan fingerprint density at radius 2 is 0.638 bits per heavy atom. The third-order valence-electron chi connectivity index (χ3n) is 13.5. The second kappa shape index (κ2) is 91.0. The van der Waals surface area contributed by atoms with Crippen molar-refractivity contribution in [3.05, 3.63) is 0 Å².